The zero-order valence-corrected chi connectivity index (χ0v) is 7.48. The van der Waals surface area contributed by atoms with Crippen LogP contribution in [0.4, 0.5) is 8.78 Å². The van der Waals surface area contributed by atoms with Gasteiger partial charge in [0.2, 0.25) is 0 Å². The van der Waals surface area contributed by atoms with Crippen LogP contribution in [0.15, 0.2) is 17.6 Å². The van der Waals surface area contributed by atoms with Crippen LogP contribution in [0.25, 0.3) is 10.2 Å². The molecule has 2 heterocycles. The number of benzene rings is 1. The molecule has 14 heavy (non-hydrogen) atoms. The van der Waals surface area contributed by atoms with Gasteiger partial charge in [0.1, 0.15) is 0 Å². The standard InChI is InChI=1S/C8H3F2NO2S/c9-8(10)12-5-1-4-7(14-3-11-4)2-6(5)13-8/h1-3H. The molecule has 1 aromatic heterocycles. The summed E-state index contributed by atoms with van der Waals surface area (Å²) in [4.78, 5) is 3.98. The average Bonchev–Trinajstić information content (AvgIpc) is 2.59. The van der Waals surface area contributed by atoms with Crippen LogP contribution < -0.4 is 9.47 Å². The second-order valence-corrected chi connectivity index (χ2v) is 3.67. The van der Waals surface area contributed by atoms with Gasteiger partial charge >= 0.3 is 6.29 Å². The summed E-state index contributed by atoms with van der Waals surface area (Å²) < 4.78 is 34.6. The van der Waals surface area contributed by atoms with E-state index in [4.69, 9.17) is 0 Å². The van der Waals surface area contributed by atoms with E-state index in [-0.39, 0.29) is 11.5 Å². The number of rotatable bonds is 0. The quantitative estimate of drug-likeness (QED) is 0.676. The first-order valence-electron chi connectivity index (χ1n) is 3.77. The number of aromatic nitrogens is 1. The second-order valence-electron chi connectivity index (χ2n) is 2.79. The number of nitrogens with zero attached hydrogens (tertiary/aromatic N) is 1. The number of halogens is 2. The highest BCUT2D eigenvalue weighted by molar-refractivity contribution is 7.16. The smallest absolute Gasteiger partial charge is 0.395 e. The lowest BCUT2D eigenvalue weighted by atomic mass is 10.3. The highest BCUT2D eigenvalue weighted by atomic mass is 32.1. The van der Waals surface area contributed by atoms with Gasteiger partial charge in [-0.3, -0.25) is 0 Å². The van der Waals surface area contributed by atoms with E-state index in [0.29, 0.717) is 5.52 Å². The van der Waals surface area contributed by atoms with Crippen LogP contribution in [0.3, 0.4) is 0 Å². The van der Waals surface area contributed by atoms with Crippen molar-refractivity contribution < 1.29 is 18.3 Å². The molecule has 6 heteroatoms. The molecule has 0 unspecified atom stereocenters. The van der Waals surface area contributed by atoms with E-state index in [1.54, 1.807) is 5.51 Å². The van der Waals surface area contributed by atoms with Crippen molar-refractivity contribution in [1.29, 1.82) is 0 Å². The minimum atomic E-state index is -3.55. The lowest BCUT2D eigenvalue weighted by Crippen LogP contribution is -2.25. The van der Waals surface area contributed by atoms with E-state index >= 15 is 0 Å². The monoisotopic (exact) mass is 215 g/mol. The maximum Gasteiger partial charge on any atom is 0.586 e. The van der Waals surface area contributed by atoms with Gasteiger partial charge in [0, 0.05) is 12.1 Å². The Morgan fingerprint density at radius 2 is 1.93 bits per heavy atom. The summed E-state index contributed by atoms with van der Waals surface area (Å²) >= 11 is 1.36. The predicted octanol–water partition coefficient (Wildman–Crippen LogP) is 2.62. The van der Waals surface area contributed by atoms with Gasteiger partial charge in [-0.15, -0.1) is 20.1 Å². The third-order valence-electron chi connectivity index (χ3n) is 1.85. The van der Waals surface area contributed by atoms with E-state index in [1.807, 2.05) is 0 Å². The Balaban J connectivity index is 2.22. The number of hydrogen-bond acceptors (Lipinski definition) is 4. The van der Waals surface area contributed by atoms with Crippen molar-refractivity contribution in [2.24, 2.45) is 0 Å². The second kappa shape index (κ2) is 2.33. The third-order valence-corrected chi connectivity index (χ3v) is 2.65. The van der Waals surface area contributed by atoms with Gasteiger partial charge in [0.25, 0.3) is 0 Å². The molecule has 0 atom stereocenters. The van der Waals surface area contributed by atoms with Gasteiger partial charge in [-0.2, -0.15) is 0 Å². The lowest BCUT2D eigenvalue weighted by Gasteiger charge is -2.04. The van der Waals surface area contributed by atoms with Crippen molar-refractivity contribution in [2.75, 3.05) is 0 Å². The molecule has 1 aliphatic rings. The topological polar surface area (TPSA) is 31.4 Å². The first kappa shape index (κ1) is 7.93. The number of thiazole rings is 1. The van der Waals surface area contributed by atoms with Gasteiger partial charge in [0.05, 0.1) is 15.7 Å². The number of alkyl halides is 2. The SMILES string of the molecule is FC1(F)Oc2cc3ncsc3cc2O1. The van der Waals surface area contributed by atoms with Gasteiger partial charge in [-0.1, -0.05) is 0 Å². The summed E-state index contributed by atoms with van der Waals surface area (Å²) in [5.41, 5.74) is 2.27. The largest absolute Gasteiger partial charge is 0.586 e. The summed E-state index contributed by atoms with van der Waals surface area (Å²) in [6.45, 7) is 0. The first-order valence-corrected chi connectivity index (χ1v) is 4.65. The minimum absolute atomic E-state index is 0.0356. The molecule has 0 N–H and O–H groups in total. The zero-order valence-electron chi connectivity index (χ0n) is 6.66. The normalized spacial score (nSPS) is 17.6. The molecule has 3 nitrogen and oxygen atoms in total. The van der Waals surface area contributed by atoms with Crippen LogP contribution in [-0.4, -0.2) is 11.3 Å². The Labute approximate surface area is 80.9 Å². The van der Waals surface area contributed by atoms with Crippen LogP contribution in [-0.2, 0) is 0 Å². The van der Waals surface area contributed by atoms with Crippen LogP contribution in [0.2, 0.25) is 0 Å². The van der Waals surface area contributed by atoms with Crippen LogP contribution in [0.5, 0.6) is 11.5 Å². The Kier molecular flexibility index (Phi) is 1.32. The number of hydrogen-bond donors (Lipinski definition) is 0. The van der Waals surface area contributed by atoms with Gasteiger partial charge in [-0.05, 0) is 0 Å². The molecule has 1 aromatic carbocycles. The Morgan fingerprint density at radius 1 is 1.21 bits per heavy atom. The summed E-state index contributed by atoms with van der Waals surface area (Å²) in [6.07, 6.45) is -3.55. The molecule has 3 rings (SSSR count). The molecular weight excluding hydrogens is 212 g/mol. The average molecular weight is 215 g/mol. The highest BCUT2D eigenvalue weighted by Crippen LogP contribution is 2.43. The summed E-state index contributed by atoms with van der Waals surface area (Å²) in [7, 11) is 0. The maximum atomic E-state index is 12.6. The van der Waals surface area contributed by atoms with Gasteiger partial charge < -0.3 is 9.47 Å². The molecule has 72 valence electrons. The molecular formula is C8H3F2NO2S. The minimum Gasteiger partial charge on any atom is -0.395 e. The van der Waals surface area contributed by atoms with E-state index in [9.17, 15) is 8.78 Å². The molecule has 0 radical (unpaired) electrons. The van der Waals surface area contributed by atoms with Crippen LogP contribution in [0.1, 0.15) is 0 Å². The molecule has 0 amide bonds. The number of ether oxygens (including phenoxy) is 2. The first-order chi connectivity index (χ1) is 6.64. The van der Waals surface area contributed by atoms with E-state index < -0.39 is 6.29 Å². The van der Waals surface area contributed by atoms with Crippen molar-refractivity contribution in [3.05, 3.63) is 17.6 Å². The van der Waals surface area contributed by atoms with Crippen molar-refractivity contribution in [3.8, 4) is 11.5 Å². The van der Waals surface area contributed by atoms with Crippen LogP contribution in [0, 0.1) is 0 Å². The van der Waals surface area contributed by atoms with Crippen LogP contribution >= 0.6 is 11.3 Å². The third kappa shape index (κ3) is 1.04. The molecule has 0 bridgehead atoms. The van der Waals surface area contributed by atoms with Gasteiger partial charge in [-0.25, -0.2) is 4.98 Å². The molecule has 0 saturated heterocycles. The molecule has 0 aliphatic carbocycles. The Bertz CT molecular complexity index is 469. The fourth-order valence-corrected chi connectivity index (χ4v) is 1.99. The van der Waals surface area contributed by atoms with Crippen molar-refractivity contribution in [2.45, 2.75) is 6.29 Å². The molecule has 1 aliphatic heterocycles. The van der Waals surface area contributed by atoms with Crippen molar-refractivity contribution in [1.82, 2.24) is 4.98 Å². The molecule has 0 saturated carbocycles. The fourth-order valence-electron chi connectivity index (χ4n) is 1.30. The van der Waals surface area contributed by atoms with Crippen molar-refractivity contribution in [3.63, 3.8) is 0 Å². The van der Waals surface area contributed by atoms with Crippen molar-refractivity contribution >= 4 is 21.6 Å². The van der Waals surface area contributed by atoms with E-state index in [0.717, 1.165) is 4.70 Å². The highest BCUT2D eigenvalue weighted by Gasteiger charge is 2.43. The summed E-state index contributed by atoms with van der Waals surface area (Å²) in [6, 6.07) is 2.95. The Hall–Kier alpha value is -1.43. The molecule has 0 fully saturated rings. The zero-order chi connectivity index (χ0) is 9.76. The Morgan fingerprint density at radius 3 is 2.71 bits per heavy atom. The molecule has 2 aromatic rings. The summed E-state index contributed by atoms with van der Waals surface area (Å²) in [5, 5.41) is 0. The summed E-state index contributed by atoms with van der Waals surface area (Å²) in [5.74, 6) is 0.0974. The van der Waals surface area contributed by atoms with Gasteiger partial charge in [0.15, 0.2) is 11.5 Å². The fraction of sp³-hybridized carbons (Fsp3) is 0.125. The predicted molar refractivity (Wildman–Crippen MR) is 45.8 cm³/mol. The molecule has 0 spiro atoms. The van der Waals surface area contributed by atoms with E-state index in [2.05, 4.69) is 14.5 Å². The van der Waals surface area contributed by atoms with E-state index in [1.165, 1.54) is 23.5 Å². The number of fused-ring (bicyclic) bond motifs is 2. The lowest BCUT2D eigenvalue weighted by molar-refractivity contribution is -0.286. The maximum absolute atomic E-state index is 12.6.